The predicted octanol–water partition coefficient (Wildman–Crippen LogP) is 3.44. The van der Waals surface area contributed by atoms with Gasteiger partial charge in [0.2, 0.25) is 0 Å². The molecule has 1 aliphatic rings. The van der Waals surface area contributed by atoms with Gasteiger partial charge in [-0.1, -0.05) is 28.1 Å². The number of imide groups is 1. The van der Waals surface area contributed by atoms with E-state index >= 15 is 0 Å². The minimum absolute atomic E-state index is 0.203. The Bertz CT molecular complexity index is 641. The maximum Gasteiger partial charge on any atom is 0.329 e. The average Bonchev–Trinajstić information content (AvgIpc) is 2.75. The zero-order valence-corrected chi connectivity index (χ0v) is 14.4. The van der Waals surface area contributed by atoms with Crippen LogP contribution >= 0.6 is 27.7 Å². The number of hydrogen-bond donors (Lipinski definition) is 0. The monoisotopic (exact) mass is 383 g/mol. The lowest BCUT2D eigenvalue weighted by Gasteiger charge is -2.19. The van der Waals surface area contributed by atoms with Gasteiger partial charge in [0, 0.05) is 4.47 Å². The van der Waals surface area contributed by atoms with Crippen molar-refractivity contribution in [2.75, 3.05) is 6.61 Å². The van der Waals surface area contributed by atoms with Crippen LogP contribution in [-0.2, 0) is 14.3 Å². The molecule has 0 aliphatic carbocycles. The zero-order chi connectivity index (χ0) is 16.3. The molecule has 7 heteroatoms. The molecule has 1 fully saturated rings. The van der Waals surface area contributed by atoms with E-state index in [1.165, 1.54) is 6.92 Å². The Balaban J connectivity index is 2.21. The molecule has 2 rings (SSSR count). The number of carbonyl (C=O) groups is 3. The van der Waals surface area contributed by atoms with Crippen LogP contribution in [0.3, 0.4) is 0 Å². The van der Waals surface area contributed by atoms with E-state index in [4.69, 9.17) is 4.74 Å². The van der Waals surface area contributed by atoms with Crippen LogP contribution in [0, 0.1) is 0 Å². The number of amides is 2. The van der Waals surface area contributed by atoms with Crippen molar-refractivity contribution in [3.8, 4) is 0 Å². The summed E-state index contributed by atoms with van der Waals surface area (Å²) in [6.45, 7) is 3.36. The number of rotatable bonds is 4. The summed E-state index contributed by atoms with van der Waals surface area (Å²) in [5, 5.41) is -0.464. The van der Waals surface area contributed by atoms with Gasteiger partial charge >= 0.3 is 5.97 Å². The molecule has 0 radical (unpaired) electrons. The van der Waals surface area contributed by atoms with Gasteiger partial charge in [0.1, 0.15) is 6.04 Å². The molecular formula is C15H14BrNO4S. The van der Waals surface area contributed by atoms with E-state index < -0.39 is 23.2 Å². The molecule has 5 nitrogen and oxygen atoms in total. The number of hydrogen-bond acceptors (Lipinski definition) is 5. The van der Waals surface area contributed by atoms with Crippen LogP contribution in [0.2, 0.25) is 0 Å². The topological polar surface area (TPSA) is 63.7 Å². The van der Waals surface area contributed by atoms with Gasteiger partial charge in [0.25, 0.3) is 11.1 Å². The third kappa shape index (κ3) is 3.59. The van der Waals surface area contributed by atoms with Gasteiger partial charge < -0.3 is 4.74 Å². The van der Waals surface area contributed by atoms with Crippen LogP contribution in [0.15, 0.2) is 33.6 Å². The Labute approximate surface area is 140 Å². The molecule has 2 amide bonds. The molecule has 1 heterocycles. The molecule has 0 saturated carbocycles. The first kappa shape index (κ1) is 16.8. The third-order valence-corrected chi connectivity index (χ3v) is 4.42. The molecular weight excluding hydrogens is 370 g/mol. The largest absolute Gasteiger partial charge is 0.464 e. The number of esters is 1. The predicted molar refractivity (Wildman–Crippen MR) is 88.0 cm³/mol. The van der Waals surface area contributed by atoms with E-state index in [-0.39, 0.29) is 6.61 Å². The quantitative estimate of drug-likeness (QED) is 0.588. The highest BCUT2D eigenvalue weighted by Gasteiger charge is 2.41. The Hall–Kier alpha value is -1.60. The van der Waals surface area contributed by atoms with Crippen LogP contribution in [0.25, 0.3) is 6.08 Å². The number of benzene rings is 1. The summed E-state index contributed by atoms with van der Waals surface area (Å²) in [4.78, 5) is 37.3. The minimum atomic E-state index is -0.928. The van der Waals surface area contributed by atoms with Gasteiger partial charge in [-0.2, -0.15) is 0 Å². The highest BCUT2D eigenvalue weighted by atomic mass is 79.9. The molecule has 0 bridgehead atoms. The maximum absolute atomic E-state index is 12.3. The average molecular weight is 384 g/mol. The van der Waals surface area contributed by atoms with Gasteiger partial charge in [0.15, 0.2) is 0 Å². The molecule has 0 unspecified atom stereocenters. The van der Waals surface area contributed by atoms with Crippen LogP contribution in [-0.4, -0.2) is 34.7 Å². The summed E-state index contributed by atoms with van der Waals surface area (Å²) in [6.07, 6.45) is 1.63. The summed E-state index contributed by atoms with van der Waals surface area (Å²) in [6, 6.07) is 6.41. The van der Waals surface area contributed by atoms with Gasteiger partial charge in [-0.05, 0) is 49.4 Å². The van der Waals surface area contributed by atoms with Crippen molar-refractivity contribution in [1.82, 2.24) is 4.90 Å². The summed E-state index contributed by atoms with van der Waals surface area (Å²) < 4.78 is 5.79. The van der Waals surface area contributed by atoms with Gasteiger partial charge in [-0.25, -0.2) is 4.79 Å². The second-order valence-corrected chi connectivity index (χ2v) is 6.44. The highest BCUT2D eigenvalue weighted by Crippen LogP contribution is 2.33. The first-order chi connectivity index (χ1) is 10.4. The van der Waals surface area contributed by atoms with Crippen LogP contribution in [0.4, 0.5) is 4.79 Å². The van der Waals surface area contributed by atoms with Crippen LogP contribution < -0.4 is 0 Å². The van der Waals surface area contributed by atoms with E-state index in [9.17, 15) is 14.4 Å². The standard InChI is InChI=1S/C15H14BrNO4S/c1-3-21-14(19)9(2)17-13(18)12(22-15(17)20)8-10-4-6-11(16)7-5-10/h4-9H,3H2,1-2H3/b12-8+/t9-/m1/s1. The molecule has 1 aromatic carbocycles. The van der Waals surface area contributed by atoms with E-state index in [1.54, 1.807) is 13.0 Å². The molecule has 0 aromatic heterocycles. The first-order valence-electron chi connectivity index (χ1n) is 6.63. The Morgan fingerprint density at radius 3 is 2.59 bits per heavy atom. The summed E-state index contributed by atoms with van der Waals surface area (Å²) >= 11 is 4.16. The minimum Gasteiger partial charge on any atom is -0.464 e. The number of carbonyl (C=O) groups excluding carboxylic acids is 3. The third-order valence-electron chi connectivity index (χ3n) is 3.01. The van der Waals surface area contributed by atoms with Crippen molar-refractivity contribution < 1.29 is 19.1 Å². The normalized spacial score (nSPS) is 18.0. The fourth-order valence-electron chi connectivity index (χ4n) is 1.89. The van der Waals surface area contributed by atoms with Crippen molar-refractivity contribution in [3.63, 3.8) is 0 Å². The molecule has 116 valence electrons. The van der Waals surface area contributed by atoms with Gasteiger partial charge in [0.05, 0.1) is 11.5 Å². The summed E-state index contributed by atoms with van der Waals surface area (Å²) in [5.41, 5.74) is 0.803. The fourth-order valence-corrected chi connectivity index (χ4v) is 3.06. The molecule has 0 spiro atoms. The number of ether oxygens (including phenoxy) is 1. The van der Waals surface area contributed by atoms with Crippen molar-refractivity contribution in [2.24, 2.45) is 0 Å². The Kier molecular flexibility index (Phi) is 5.42. The molecule has 1 aliphatic heterocycles. The number of thioether (sulfide) groups is 1. The lowest BCUT2D eigenvalue weighted by Crippen LogP contribution is -2.42. The molecule has 1 saturated heterocycles. The summed E-state index contributed by atoms with van der Waals surface area (Å²) in [5.74, 6) is -1.06. The highest BCUT2D eigenvalue weighted by molar-refractivity contribution is 9.10. The molecule has 22 heavy (non-hydrogen) atoms. The van der Waals surface area contributed by atoms with Gasteiger partial charge in [-0.3, -0.25) is 14.5 Å². The van der Waals surface area contributed by atoms with Crippen molar-refractivity contribution >= 4 is 50.9 Å². The smallest absolute Gasteiger partial charge is 0.329 e. The van der Waals surface area contributed by atoms with E-state index in [2.05, 4.69) is 15.9 Å². The van der Waals surface area contributed by atoms with Gasteiger partial charge in [-0.15, -0.1) is 0 Å². The van der Waals surface area contributed by atoms with Crippen LogP contribution in [0.1, 0.15) is 19.4 Å². The zero-order valence-electron chi connectivity index (χ0n) is 12.0. The fraction of sp³-hybridized carbons (Fsp3) is 0.267. The van der Waals surface area contributed by atoms with E-state index in [0.717, 1.165) is 26.7 Å². The van der Waals surface area contributed by atoms with E-state index in [1.807, 2.05) is 24.3 Å². The Morgan fingerprint density at radius 2 is 2.00 bits per heavy atom. The molecule has 1 aromatic rings. The number of nitrogens with zero attached hydrogens (tertiary/aromatic N) is 1. The lowest BCUT2D eigenvalue weighted by atomic mass is 10.2. The first-order valence-corrected chi connectivity index (χ1v) is 8.24. The Morgan fingerprint density at radius 1 is 1.36 bits per heavy atom. The second kappa shape index (κ2) is 7.11. The van der Waals surface area contributed by atoms with E-state index in [0.29, 0.717) is 4.91 Å². The molecule has 1 atom stereocenters. The van der Waals surface area contributed by atoms with Crippen molar-refractivity contribution in [1.29, 1.82) is 0 Å². The van der Waals surface area contributed by atoms with Crippen molar-refractivity contribution in [2.45, 2.75) is 19.9 Å². The molecule has 0 N–H and O–H groups in total. The SMILES string of the molecule is CCOC(=O)[C@@H](C)N1C(=O)S/C(=C/c2ccc(Br)cc2)C1=O. The second-order valence-electron chi connectivity index (χ2n) is 4.53. The maximum atomic E-state index is 12.3. The summed E-state index contributed by atoms with van der Waals surface area (Å²) in [7, 11) is 0. The number of halogens is 1. The van der Waals surface area contributed by atoms with Crippen molar-refractivity contribution in [3.05, 3.63) is 39.2 Å². The van der Waals surface area contributed by atoms with Crippen LogP contribution in [0.5, 0.6) is 0 Å². The lowest BCUT2D eigenvalue weighted by molar-refractivity contribution is -0.150.